The number of hydrogen-bond donors (Lipinski definition) is 0. The number of ether oxygens (including phenoxy) is 4. The van der Waals surface area contributed by atoms with E-state index in [4.69, 9.17) is 18.9 Å². The summed E-state index contributed by atoms with van der Waals surface area (Å²) in [6.45, 7) is 9.69. The van der Waals surface area contributed by atoms with Gasteiger partial charge in [0.25, 0.3) is 0 Å². The minimum atomic E-state index is 0.543. The van der Waals surface area contributed by atoms with Gasteiger partial charge >= 0.3 is 0 Å². The highest BCUT2D eigenvalue weighted by atomic mass is 16.5. The standard InChI is InChI=1S/C19H26O4/c1-4-20-10-12-22-18-14-15(3)19(23-13-11-21-5-2)17-9-7-6-8-16(17)18/h6-9,14H,4-5,10-13H2,1-3H3. The Morgan fingerprint density at radius 1 is 0.783 bits per heavy atom. The first kappa shape index (κ1) is 17.6. The number of rotatable bonds is 10. The molecule has 0 aliphatic carbocycles. The third kappa shape index (κ3) is 4.85. The van der Waals surface area contributed by atoms with E-state index in [0.717, 1.165) is 27.8 Å². The molecule has 0 spiro atoms. The molecule has 0 aliphatic rings. The molecule has 2 rings (SSSR count). The van der Waals surface area contributed by atoms with Crippen LogP contribution < -0.4 is 9.47 Å². The van der Waals surface area contributed by atoms with Gasteiger partial charge in [-0.3, -0.25) is 0 Å². The van der Waals surface area contributed by atoms with Gasteiger partial charge in [-0.1, -0.05) is 24.3 Å². The van der Waals surface area contributed by atoms with Crippen molar-refractivity contribution >= 4 is 10.8 Å². The second kappa shape index (κ2) is 9.38. The van der Waals surface area contributed by atoms with Crippen molar-refractivity contribution in [1.82, 2.24) is 0 Å². The van der Waals surface area contributed by atoms with E-state index >= 15 is 0 Å². The zero-order valence-corrected chi connectivity index (χ0v) is 14.3. The monoisotopic (exact) mass is 318 g/mol. The van der Waals surface area contributed by atoms with Gasteiger partial charge in [0, 0.05) is 24.0 Å². The van der Waals surface area contributed by atoms with Crippen molar-refractivity contribution in [2.75, 3.05) is 39.6 Å². The molecule has 2 aromatic rings. The second-order valence-corrected chi connectivity index (χ2v) is 5.16. The number of fused-ring (bicyclic) bond motifs is 1. The summed E-state index contributed by atoms with van der Waals surface area (Å²) in [7, 11) is 0. The fourth-order valence-corrected chi connectivity index (χ4v) is 2.46. The van der Waals surface area contributed by atoms with Gasteiger partial charge in [-0.05, 0) is 32.4 Å². The van der Waals surface area contributed by atoms with E-state index in [-0.39, 0.29) is 0 Å². The average molecular weight is 318 g/mol. The van der Waals surface area contributed by atoms with Crippen LogP contribution in [-0.2, 0) is 9.47 Å². The molecule has 2 aromatic carbocycles. The minimum absolute atomic E-state index is 0.543. The summed E-state index contributed by atoms with van der Waals surface area (Å²) in [4.78, 5) is 0. The van der Waals surface area contributed by atoms with Gasteiger partial charge in [0.2, 0.25) is 0 Å². The van der Waals surface area contributed by atoms with E-state index in [1.807, 2.05) is 39.0 Å². The smallest absolute Gasteiger partial charge is 0.130 e. The first-order valence-electron chi connectivity index (χ1n) is 8.21. The molecule has 0 unspecified atom stereocenters. The summed E-state index contributed by atoms with van der Waals surface area (Å²) in [5, 5.41) is 2.12. The van der Waals surface area contributed by atoms with Crippen LogP contribution in [0, 0.1) is 6.92 Å². The molecule has 23 heavy (non-hydrogen) atoms. The largest absolute Gasteiger partial charge is 0.491 e. The third-order valence-corrected chi connectivity index (χ3v) is 3.51. The Bertz CT molecular complexity index is 610. The molecule has 0 bridgehead atoms. The summed E-state index contributed by atoms with van der Waals surface area (Å²) >= 11 is 0. The number of hydrogen-bond acceptors (Lipinski definition) is 4. The lowest BCUT2D eigenvalue weighted by Gasteiger charge is -2.16. The molecule has 0 saturated carbocycles. The summed E-state index contributed by atoms with van der Waals surface area (Å²) in [6.07, 6.45) is 0. The summed E-state index contributed by atoms with van der Waals surface area (Å²) in [5.41, 5.74) is 1.06. The Morgan fingerprint density at radius 2 is 1.39 bits per heavy atom. The van der Waals surface area contributed by atoms with Crippen LogP contribution in [0.15, 0.2) is 30.3 Å². The van der Waals surface area contributed by atoms with Gasteiger partial charge in [-0.15, -0.1) is 0 Å². The normalized spacial score (nSPS) is 10.9. The van der Waals surface area contributed by atoms with E-state index in [1.54, 1.807) is 0 Å². The fraction of sp³-hybridized carbons (Fsp3) is 0.474. The van der Waals surface area contributed by atoms with Crippen molar-refractivity contribution in [2.24, 2.45) is 0 Å². The molecule has 126 valence electrons. The molecule has 0 aliphatic heterocycles. The molecule has 0 N–H and O–H groups in total. The van der Waals surface area contributed by atoms with Crippen molar-refractivity contribution in [3.8, 4) is 11.5 Å². The molecule has 0 aromatic heterocycles. The predicted molar refractivity (Wildman–Crippen MR) is 92.7 cm³/mol. The lowest BCUT2D eigenvalue weighted by molar-refractivity contribution is 0.109. The number of aryl methyl sites for hydroxylation is 1. The van der Waals surface area contributed by atoms with Crippen LogP contribution in [0.5, 0.6) is 11.5 Å². The van der Waals surface area contributed by atoms with Crippen LogP contribution in [0.2, 0.25) is 0 Å². The van der Waals surface area contributed by atoms with E-state index in [1.165, 1.54) is 0 Å². The molecule has 0 fully saturated rings. The van der Waals surface area contributed by atoms with Crippen molar-refractivity contribution in [1.29, 1.82) is 0 Å². The Morgan fingerprint density at radius 3 is 2.04 bits per heavy atom. The van der Waals surface area contributed by atoms with Crippen LogP contribution in [-0.4, -0.2) is 39.6 Å². The average Bonchev–Trinajstić information content (AvgIpc) is 2.57. The third-order valence-electron chi connectivity index (χ3n) is 3.51. The van der Waals surface area contributed by atoms with Crippen molar-refractivity contribution < 1.29 is 18.9 Å². The Hall–Kier alpha value is -1.78. The Balaban J connectivity index is 2.19. The Kier molecular flexibility index (Phi) is 7.17. The van der Waals surface area contributed by atoms with Crippen LogP contribution in [0.25, 0.3) is 10.8 Å². The molecule has 0 heterocycles. The van der Waals surface area contributed by atoms with Crippen molar-refractivity contribution in [3.05, 3.63) is 35.9 Å². The lowest BCUT2D eigenvalue weighted by atomic mass is 10.0. The van der Waals surface area contributed by atoms with Gasteiger partial charge in [0.1, 0.15) is 24.7 Å². The van der Waals surface area contributed by atoms with E-state index in [0.29, 0.717) is 39.6 Å². The molecule has 4 heteroatoms. The van der Waals surface area contributed by atoms with Crippen LogP contribution in [0.3, 0.4) is 0 Å². The molecule has 0 radical (unpaired) electrons. The van der Waals surface area contributed by atoms with E-state index < -0.39 is 0 Å². The minimum Gasteiger partial charge on any atom is -0.491 e. The molecule has 4 nitrogen and oxygen atoms in total. The molecule has 0 amide bonds. The molecule has 0 atom stereocenters. The molecule has 0 saturated heterocycles. The zero-order valence-electron chi connectivity index (χ0n) is 14.3. The SMILES string of the molecule is CCOCCOc1cc(C)c(OCCOCC)c2ccccc12. The van der Waals surface area contributed by atoms with Gasteiger partial charge in [0.15, 0.2) is 0 Å². The number of benzene rings is 2. The van der Waals surface area contributed by atoms with Gasteiger partial charge in [0.05, 0.1) is 13.2 Å². The highest BCUT2D eigenvalue weighted by Crippen LogP contribution is 2.36. The zero-order chi connectivity index (χ0) is 16.5. The molecular weight excluding hydrogens is 292 g/mol. The summed E-state index contributed by atoms with van der Waals surface area (Å²) in [5.74, 6) is 1.77. The predicted octanol–water partition coefficient (Wildman–Crippen LogP) is 3.98. The maximum absolute atomic E-state index is 5.94. The van der Waals surface area contributed by atoms with E-state index in [2.05, 4.69) is 12.1 Å². The molecular formula is C19H26O4. The highest BCUT2D eigenvalue weighted by Gasteiger charge is 2.11. The Labute approximate surface area is 138 Å². The van der Waals surface area contributed by atoms with Gasteiger partial charge < -0.3 is 18.9 Å². The van der Waals surface area contributed by atoms with Crippen LogP contribution in [0.1, 0.15) is 19.4 Å². The second-order valence-electron chi connectivity index (χ2n) is 5.16. The summed E-state index contributed by atoms with van der Waals surface area (Å²) < 4.78 is 22.5. The van der Waals surface area contributed by atoms with Gasteiger partial charge in [-0.25, -0.2) is 0 Å². The highest BCUT2D eigenvalue weighted by molar-refractivity contribution is 5.94. The fourth-order valence-electron chi connectivity index (χ4n) is 2.46. The van der Waals surface area contributed by atoms with Crippen molar-refractivity contribution in [2.45, 2.75) is 20.8 Å². The van der Waals surface area contributed by atoms with Gasteiger partial charge in [-0.2, -0.15) is 0 Å². The first-order chi connectivity index (χ1) is 11.3. The van der Waals surface area contributed by atoms with Crippen LogP contribution >= 0.6 is 0 Å². The quantitative estimate of drug-likeness (QED) is 0.621. The maximum Gasteiger partial charge on any atom is 0.130 e. The first-order valence-corrected chi connectivity index (χ1v) is 8.21. The van der Waals surface area contributed by atoms with E-state index in [9.17, 15) is 0 Å². The van der Waals surface area contributed by atoms with Crippen molar-refractivity contribution in [3.63, 3.8) is 0 Å². The summed E-state index contributed by atoms with van der Waals surface area (Å²) in [6, 6.07) is 10.2. The lowest BCUT2D eigenvalue weighted by Crippen LogP contribution is -2.09. The maximum atomic E-state index is 5.94. The topological polar surface area (TPSA) is 36.9 Å². The van der Waals surface area contributed by atoms with Crippen LogP contribution in [0.4, 0.5) is 0 Å².